The quantitative estimate of drug-likeness (QED) is 0.861. The third-order valence-corrected chi connectivity index (χ3v) is 3.74. The number of hydrogen-bond donors (Lipinski definition) is 1. The van der Waals surface area contributed by atoms with Gasteiger partial charge in [-0.15, -0.1) is 0 Å². The van der Waals surface area contributed by atoms with Crippen LogP contribution in [0.2, 0.25) is 0 Å². The third-order valence-electron chi connectivity index (χ3n) is 3.24. The van der Waals surface area contributed by atoms with E-state index >= 15 is 0 Å². The van der Waals surface area contributed by atoms with E-state index in [1.807, 2.05) is 13.0 Å². The lowest BCUT2D eigenvalue weighted by Crippen LogP contribution is -2.10. The van der Waals surface area contributed by atoms with Crippen LogP contribution in [0.5, 0.6) is 0 Å². The van der Waals surface area contributed by atoms with Crippen molar-refractivity contribution >= 4 is 21.7 Å². The molecule has 0 saturated heterocycles. The van der Waals surface area contributed by atoms with E-state index in [1.165, 1.54) is 12.1 Å². The SMILES string of the molecule is CC(CN)c1cccc(C(=O)c2cc(Br)ccc2F)c1. The van der Waals surface area contributed by atoms with E-state index in [9.17, 15) is 9.18 Å². The highest BCUT2D eigenvalue weighted by Crippen LogP contribution is 2.21. The summed E-state index contributed by atoms with van der Waals surface area (Å²) in [6.45, 7) is 2.49. The van der Waals surface area contributed by atoms with Crippen molar-refractivity contribution < 1.29 is 9.18 Å². The van der Waals surface area contributed by atoms with Crippen LogP contribution in [0.15, 0.2) is 46.9 Å². The smallest absolute Gasteiger partial charge is 0.196 e. The van der Waals surface area contributed by atoms with Gasteiger partial charge in [-0.05, 0) is 42.3 Å². The van der Waals surface area contributed by atoms with Gasteiger partial charge in [-0.2, -0.15) is 0 Å². The predicted molar refractivity (Wildman–Crippen MR) is 81.4 cm³/mol. The van der Waals surface area contributed by atoms with Gasteiger partial charge in [-0.1, -0.05) is 41.1 Å². The highest BCUT2D eigenvalue weighted by Gasteiger charge is 2.15. The number of carbonyl (C=O) groups is 1. The summed E-state index contributed by atoms with van der Waals surface area (Å²) < 4.78 is 14.4. The zero-order valence-electron chi connectivity index (χ0n) is 11.1. The van der Waals surface area contributed by atoms with Crippen molar-refractivity contribution in [2.45, 2.75) is 12.8 Å². The van der Waals surface area contributed by atoms with Crippen molar-refractivity contribution in [2.75, 3.05) is 6.54 Å². The van der Waals surface area contributed by atoms with Crippen molar-refractivity contribution in [1.29, 1.82) is 0 Å². The van der Waals surface area contributed by atoms with E-state index in [0.717, 1.165) is 5.56 Å². The molecule has 4 heteroatoms. The second kappa shape index (κ2) is 6.29. The van der Waals surface area contributed by atoms with Gasteiger partial charge >= 0.3 is 0 Å². The Kier molecular flexibility index (Phi) is 4.68. The lowest BCUT2D eigenvalue weighted by Gasteiger charge is -2.10. The molecule has 0 fully saturated rings. The average molecular weight is 336 g/mol. The van der Waals surface area contributed by atoms with Gasteiger partial charge in [0.25, 0.3) is 0 Å². The number of hydrogen-bond acceptors (Lipinski definition) is 2. The molecule has 1 unspecified atom stereocenters. The van der Waals surface area contributed by atoms with Crippen LogP contribution >= 0.6 is 15.9 Å². The number of carbonyl (C=O) groups excluding carboxylic acids is 1. The number of nitrogens with two attached hydrogens (primary N) is 1. The van der Waals surface area contributed by atoms with Gasteiger partial charge in [0.15, 0.2) is 5.78 Å². The first kappa shape index (κ1) is 14.9. The molecule has 0 heterocycles. The normalized spacial score (nSPS) is 12.2. The standard InChI is InChI=1S/C16H15BrFNO/c1-10(9-19)11-3-2-4-12(7-11)16(20)14-8-13(17)5-6-15(14)18/h2-8,10H,9,19H2,1H3. The first-order chi connectivity index (χ1) is 9.52. The topological polar surface area (TPSA) is 43.1 Å². The summed E-state index contributed by atoms with van der Waals surface area (Å²) in [7, 11) is 0. The minimum atomic E-state index is -0.518. The lowest BCUT2D eigenvalue weighted by molar-refractivity contribution is 0.103. The molecule has 20 heavy (non-hydrogen) atoms. The summed E-state index contributed by atoms with van der Waals surface area (Å²) >= 11 is 3.25. The molecule has 0 aromatic heterocycles. The summed E-state index contributed by atoms with van der Waals surface area (Å²) in [5.74, 6) is -0.680. The van der Waals surface area contributed by atoms with Crippen LogP contribution in [0.4, 0.5) is 4.39 Å². The Bertz CT molecular complexity index is 642. The molecule has 0 radical (unpaired) electrons. The van der Waals surface area contributed by atoms with E-state index in [1.54, 1.807) is 24.3 Å². The van der Waals surface area contributed by atoms with Crippen molar-refractivity contribution in [3.63, 3.8) is 0 Å². The molecule has 0 aliphatic rings. The summed E-state index contributed by atoms with van der Waals surface area (Å²) in [6.07, 6.45) is 0. The van der Waals surface area contributed by atoms with Gasteiger partial charge in [-0.25, -0.2) is 4.39 Å². The van der Waals surface area contributed by atoms with Crippen LogP contribution in [-0.2, 0) is 0 Å². The van der Waals surface area contributed by atoms with Crippen LogP contribution < -0.4 is 5.73 Å². The van der Waals surface area contributed by atoms with Gasteiger partial charge < -0.3 is 5.73 Å². The molecular weight excluding hydrogens is 321 g/mol. The molecule has 104 valence electrons. The maximum Gasteiger partial charge on any atom is 0.196 e. The number of ketones is 1. The zero-order chi connectivity index (χ0) is 14.7. The van der Waals surface area contributed by atoms with E-state index in [-0.39, 0.29) is 17.3 Å². The third kappa shape index (κ3) is 3.14. The van der Waals surface area contributed by atoms with E-state index < -0.39 is 5.82 Å². The predicted octanol–water partition coefficient (Wildman–Crippen LogP) is 3.88. The fourth-order valence-electron chi connectivity index (χ4n) is 1.95. The molecule has 0 aliphatic carbocycles. The maximum atomic E-state index is 13.8. The van der Waals surface area contributed by atoms with Gasteiger partial charge in [0.1, 0.15) is 5.82 Å². The molecule has 1 atom stereocenters. The Hall–Kier alpha value is -1.52. The molecule has 2 rings (SSSR count). The van der Waals surface area contributed by atoms with Crippen LogP contribution in [0.3, 0.4) is 0 Å². The number of rotatable bonds is 4. The Morgan fingerprint density at radius 1 is 1.30 bits per heavy atom. The van der Waals surface area contributed by atoms with Gasteiger partial charge in [0, 0.05) is 10.0 Å². The first-order valence-electron chi connectivity index (χ1n) is 6.32. The van der Waals surface area contributed by atoms with Gasteiger partial charge in [-0.3, -0.25) is 4.79 Å². The first-order valence-corrected chi connectivity index (χ1v) is 7.12. The minimum Gasteiger partial charge on any atom is -0.330 e. The van der Waals surface area contributed by atoms with Crippen LogP contribution in [0.25, 0.3) is 0 Å². The van der Waals surface area contributed by atoms with Crippen LogP contribution in [0, 0.1) is 5.82 Å². The fraction of sp³-hybridized carbons (Fsp3) is 0.188. The Labute approximate surface area is 125 Å². The molecule has 2 nitrogen and oxygen atoms in total. The summed E-state index contributed by atoms with van der Waals surface area (Å²) in [6, 6.07) is 11.5. The van der Waals surface area contributed by atoms with Crippen LogP contribution in [0.1, 0.15) is 34.3 Å². The highest BCUT2D eigenvalue weighted by molar-refractivity contribution is 9.10. The zero-order valence-corrected chi connectivity index (χ0v) is 12.7. The van der Waals surface area contributed by atoms with Gasteiger partial charge in [0.05, 0.1) is 5.56 Å². The Balaban J connectivity index is 2.41. The molecule has 0 bridgehead atoms. The van der Waals surface area contributed by atoms with Crippen LogP contribution in [-0.4, -0.2) is 12.3 Å². The molecule has 2 aromatic rings. The summed E-state index contributed by atoms with van der Waals surface area (Å²) in [4.78, 5) is 12.4. The molecule has 2 N–H and O–H groups in total. The Morgan fingerprint density at radius 3 is 2.75 bits per heavy atom. The second-order valence-corrected chi connectivity index (χ2v) is 5.63. The van der Waals surface area contributed by atoms with E-state index in [2.05, 4.69) is 15.9 Å². The number of benzene rings is 2. The fourth-order valence-corrected chi connectivity index (χ4v) is 2.31. The minimum absolute atomic E-state index is 0.0666. The lowest BCUT2D eigenvalue weighted by atomic mass is 9.95. The Morgan fingerprint density at radius 2 is 2.05 bits per heavy atom. The van der Waals surface area contributed by atoms with Crippen molar-refractivity contribution in [2.24, 2.45) is 5.73 Å². The molecule has 0 spiro atoms. The summed E-state index contributed by atoms with van der Waals surface area (Å²) in [5, 5.41) is 0. The van der Waals surface area contributed by atoms with Crippen molar-refractivity contribution in [3.8, 4) is 0 Å². The molecule has 2 aromatic carbocycles. The second-order valence-electron chi connectivity index (χ2n) is 4.72. The average Bonchev–Trinajstić information content (AvgIpc) is 2.48. The maximum absolute atomic E-state index is 13.8. The van der Waals surface area contributed by atoms with E-state index in [4.69, 9.17) is 5.73 Å². The van der Waals surface area contributed by atoms with E-state index in [0.29, 0.717) is 16.6 Å². The summed E-state index contributed by atoms with van der Waals surface area (Å²) in [5.41, 5.74) is 7.15. The molecule has 0 saturated carbocycles. The van der Waals surface area contributed by atoms with Gasteiger partial charge in [0.2, 0.25) is 0 Å². The molecule has 0 amide bonds. The molecular formula is C16H15BrFNO. The van der Waals surface area contributed by atoms with Crippen molar-refractivity contribution in [1.82, 2.24) is 0 Å². The molecule has 0 aliphatic heterocycles. The largest absolute Gasteiger partial charge is 0.330 e. The monoisotopic (exact) mass is 335 g/mol. The number of halogens is 2. The van der Waals surface area contributed by atoms with Crippen molar-refractivity contribution in [3.05, 3.63) is 69.4 Å². The highest BCUT2D eigenvalue weighted by atomic mass is 79.9.